The lowest BCUT2D eigenvalue weighted by Crippen LogP contribution is -2.65. The highest BCUT2D eigenvalue weighted by atomic mass is 16.5. The van der Waals surface area contributed by atoms with Crippen molar-refractivity contribution in [2.75, 3.05) is 0 Å². The maximum atomic E-state index is 13.5. The maximum absolute atomic E-state index is 13.5. The summed E-state index contributed by atoms with van der Waals surface area (Å²) in [6, 6.07) is 0. The number of Topliss-reactive ketones (excluding diaryl/α,β-unsaturated/α-hetero) is 1. The molecular weight excluding hydrogens is 488 g/mol. The molecule has 5 nitrogen and oxygen atoms in total. The standard InChI is InChI=1S/C34H50O5/c1-20(2)28-23(36)19-34(16-13-27(37)38)18-17-32(7)22(29(28)34)9-10-25-31(6)14-12-26(39-21(3)35)30(4,5)24(31)11-15-33(25,32)8/h13,16,20,22,24-26H,9-12,14-15,17-19H2,1-8H3,(H,37,38)/b16-13+/t22-,24+,25-,26+,31+,32-,33-,34+/m1/s1. The number of carboxylic acids is 1. The van der Waals surface area contributed by atoms with E-state index in [0.717, 1.165) is 56.9 Å². The van der Waals surface area contributed by atoms with Gasteiger partial charge in [0.15, 0.2) is 5.78 Å². The Morgan fingerprint density at radius 1 is 0.923 bits per heavy atom. The van der Waals surface area contributed by atoms with Gasteiger partial charge in [0, 0.05) is 30.3 Å². The lowest BCUT2D eigenvalue weighted by atomic mass is 9.33. The molecule has 39 heavy (non-hydrogen) atoms. The Kier molecular flexibility index (Phi) is 6.64. The van der Waals surface area contributed by atoms with Crippen molar-refractivity contribution in [1.29, 1.82) is 0 Å². The fourth-order valence-corrected chi connectivity index (χ4v) is 11.5. The Hall–Kier alpha value is -1.91. The van der Waals surface area contributed by atoms with Crippen LogP contribution in [0, 0.1) is 50.7 Å². The largest absolute Gasteiger partial charge is 0.478 e. The fourth-order valence-electron chi connectivity index (χ4n) is 11.5. The van der Waals surface area contributed by atoms with Crippen LogP contribution in [0.25, 0.3) is 0 Å². The van der Waals surface area contributed by atoms with Crippen LogP contribution in [0.4, 0.5) is 0 Å². The molecule has 0 unspecified atom stereocenters. The predicted molar refractivity (Wildman–Crippen MR) is 152 cm³/mol. The molecule has 8 atom stereocenters. The number of hydrogen-bond donors (Lipinski definition) is 1. The molecule has 5 aliphatic carbocycles. The predicted octanol–water partition coefficient (Wildman–Crippen LogP) is 7.54. The third kappa shape index (κ3) is 3.87. The molecule has 0 heterocycles. The van der Waals surface area contributed by atoms with Crippen LogP contribution in [-0.4, -0.2) is 28.9 Å². The van der Waals surface area contributed by atoms with Gasteiger partial charge in [-0.25, -0.2) is 4.79 Å². The number of carbonyl (C=O) groups is 3. The molecule has 5 heteroatoms. The Bertz CT molecular complexity index is 1140. The minimum atomic E-state index is -0.934. The molecule has 5 aliphatic rings. The minimum Gasteiger partial charge on any atom is -0.478 e. The average molecular weight is 539 g/mol. The monoisotopic (exact) mass is 538 g/mol. The first-order valence-corrected chi connectivity index (χ1v) is 15.4. The van der Waals surface area contributed by atoms with Gasteiger partial charge in [-0.2, -0.15) is 0 Å². The van der Waals surface area contributed by atoms with E-state index < -0.39 is 11.4 Å². The maximum Gasteiger partial charge on any atom is 0.328 e. The van der Waals surface area contributed by atoms with E-state index in [-0.39, 0.29) is 45.4 Å². The number of fused-ring (bicyclic) bond motifs is 7. The van der Waals surface area contributed by atoms with Crippen LogP contribution in [0.3, 0.4) is 0 Å². The lowest BCUT2D eigenvalue weighted by Gasteiger charge is -2.72. The van der Waals surface area contributed by atoms with Crippen molar-refractivity contribution in [3.63, 3.8) is 0 Å². The van der Waals surface area contributed by atoms with E-state index in [1.54, 1.807) is 0 Å². The zero-order valence-electron chi connectivity index (χ0n) is 25.5. The summed E-state index contributed by atoms with van der Waals surface area (Å²) in [5.74, 6) is 0.648. The highest BCUT2D eigenvalue weighted by Gasteiger charge is 2.69. The van der Waals surface area contributed by atoms with E-state index in [0.29, 0.717) is 24.2 Å². The Labute approximate surface area is 235 Å². The van der Waals surface area contributed by atoms with Gasteiger partial charge in [-0.05, 0) is 102 Å². The van der Waals surface area contributed by atoms with Gasteiger partial charge >= 0.3 is 11.9 Å². The molecule has 0 aliphatic heterocycles. The van der Waals surface area contributed by atoms with Gasteiger partial charge in [0.25, 0.3) is 0 Å². The van der Waals surface area contributed by atoms with Gasteiger partial charge in [-0.1, -0.05) is 54.5 Å². The van der Waals surface area contributed by atoms with Crippen LogP contribution in [0.15, 0.2) is 23.3 Å². The summed E-state index contributed by atoms with van der Waals surface area (Å²) in [5.41, 5.74) is 2.15. The Morgan fingerprint density at radius 2 is 1.62 bits per heavy atom. The number of hydrogen-bond acceptors (Lipinski definition) is 4. The molecule has 5 rings (SSSR count). The lowest BCUT2D eigenvalue weighted by molar-refractivity contribution is -0.232. The van der Waals surface area contributed by atoms with Crippen LogP contribution >= 0.6 is 0 Å². The number of allylic oxidation sites excluding steroid dienone is 3. The van der Waals surface area contributed by atoms with E-state index in [9.17, 15) is 19.5 Å². The second-order valence-electron chi connectivity index (χ2n) is 15.5. The van der Waals surface area contributed by atoms with E-state index in [4.69, 9.17) is 4.74 Å². The summed E-state index contributed by atoms with van der Waals surface area (Å²) in [4.78, 5) is 37.0. The summed E-state index contributed by atoms with van der Waals surface area (Å²) in [6.07, 6.45) is 11.9. The number of ether oxygens (including phenoxy) is 1. The number of carboxylic acid groups (broad SMARTS) is 1. The van der Waals surface area contributed by atoms with Crippen molar-refractivity contribution in [3.8, 4) is 0 Å². The van der Waals surface area contributed by atoms with E-state index in [1.165, 1.54) is 18.6 Å². The first-order valence-electron chi connectivity index (χ1n) is 15.4. The molecule has 0 saturated heterocycles. The van der Waals surface area contributed by atoms with Gasteiger partial charge < -0.3 is 9.84 Å². The van der Waals surface area contributed by atoms with Crippen molar-refractivity contribution in [3.05, 3.63) is 23.3 Å². The molecule has 0 aromatic heterocycles. The van der Waals surface area contributed by atoms with Crippen molar-refractivity contribution >= 4 is 17.7 Å². The topological polar surface area (TPSA) is 80.7 Å². The first kappa shape index (κ1) is 28.6. The minimum absolute atomic E-state index is 0.0241. The van der Waals surface area contributed by atoms with Crippen LogP contribution in [0.5, 0.6) is 0 Å². The third-order valence-electron chi connectivity index (χ3n) is 13.3. The Balaban J connectivity index is 1.57. The van der Waals surface area contributed by atoms with Crippen molar-refractivity contribution < 1.29 is 24.2 Å². The first-order chi connectivity index (χ1) is 18.0. The van der Waals surface area contributed by atoms with Gasteiger partial charge in [-0.3, -0.25) is 9.59 Å². The second kappa shape index (κ2) is 9.05. The zero-order chi connectivity index (χ0) is 28.8. The zero-order valence-corrected chi connectivity index (χ0v) is 25.5. The smallest absolute Gasteiger partial charge is 0.328 e. The molecule has 0 spiro atoms. The van der Waals surface area contributed by atoms with Gasteiger partial charge in [0.1, 0.15) is 6.10 Å². The molecule has 0 bridgehead atoms. The SMILES string of the molecule is CC(=O)O[C@H]1CC[C@]2(C)[C@H]3CC[C@@H]4C5=C(C(C)C)C(=O)C[C@]5(/C=C/C(=O)O)CC[C@@]4(C)[C@]3(C)CC[C@H]2C1(C)C. The number of rotatable bonds is 4. The van der Waals surface area contributed by atoms with Gasteiger partial charge in [0.2, 0.25) is 0 Å². The summed E-state index contributed by atoms with van der Waals surface area (Å²) < 4.78 is 5.88. The number of esters is 1. The van der Waals surface area contributed by atoms with Crippen LogP contribution in [-0.2, 0) is 19.1 Å². The molecule has 4 fully saturated rings. The van der Waals surface area contributed by atoms with Crippen LogP contribution in [0.1, 0.15) is 113 Å². The van der Waals surface area contributed by atoms with E-state index >= 15 is 0 Å². The summed E-state index contributed by atoms with van der Waals surface area (Å²) in [5, 5.41) is 9.51. The fraction of sp³-hybridized carbons (Fsp3) is 0.794. The highest BCUT2D eigenvalue weighted by molar-refractivity contribution is 6.01. The summed E-state index contributed by atoms with van der Waals surface area (Å²) in [7, 11) is 0. The number of ketones is 1. The van der Waals surface area contributed by atoms with Crippen LogP contribution in [0.2, 0.25) is 0 Å². The molecule has 0 radical (unpaired) electrons. The van der Waals surface area contributed by atoms with E-state index in [1.807, 2.05) is 6.08 Å². The quantitative estimate of drug-likeness (QED) is 0.295. The van der Waals surface area contributed by atoms with Crippen molar-refractivity contribution in [2.45, 2.75) is 119 Å². The molecule has 216 valence electrons. The molecule has 0 amide bonds. The number of carbonyl (C=O) groups excluding carboxylic acids is 2. The highest BCUT2D eigenvalue weighted by Crippen LogP contribution is 2.76. The third-order valence-corrected chi connectivity index (χ3v) is 13.3. The van der Waals surface area contributed by atoms with E-state index in [2.05, 4.69) is 48.5 Å². The average Bonchev–Trinajstić information content (AvgIpc) is 3.12. The van der Waals surface area contributed by atoms with Crippen molar-refractivity contribution in [1.82, 2.24) is 0 Å². The summed E-state index contributed by atoms with van der Waals surface area (Å²) in [6.45, 7) is 18.1. The van der Waals surface area contributed by atoms with Gasteiger partial charge in [0.05, 0.1) is 0 Å². The Morgan fingerprint density at radius 3 is 2.23 bits per heavy atom. The number of aliphatic carboxylic acids is 1. The van der Waals surface area contributed by atoms with Crippen molar-refractivity contribution in [2.24, 2.45) is 50.7 Å². The molecule has 1 N–H and O–H groups in total. The van der Waals surface area contributed by atoms with Crippen LogP contribution < -0.4 is 0 Å². The second-order valence-corrected chi connectivity index (χ2v) is 15.5. The molecule has 0 aromatic carbocycles. The molecular formula is C34H50O5. The molecule has 4 saturated carbocycles. The normalized spacial score (nSPS) is 45.0. The summed E-state index contributed by atoms with van der Waals surface area (Å²) >= 11 is 0. The molecule has 0 aromatic rings. The van der Waals surface area contributed by atoms with Gasteiger partial charge in [-0.15, -0.1) is 0 Å².